The van der Waals surface area contributed by atoms with E-state index in [0.717, 1.165) is 45.3 Å². The van der Waals surface area contributed by atoms with Crippen LogP contribution in [0.4, 0.5) is 5.95 Å². The molecule has 1 aliphatic carbocycles. The van der Waals surface area contributed by atoms with Gasteiger partial charge in [0.25, 0.3) is 0 Å². The Hall–Kier alpha value is -1.07. The van der Waals surface area contributed by atoms with E-state index in [4.69, 9.17) is 9.47 Å². The van der Waals surface area contributed by atoms with Crippen LogP contribution < -0.4 is 5.32 Å². The molecule has 5 heteroatoms. The van der Waals surface area contributed by atoms with E-state index >= 15 is 0 Å². The molecule has 0 spiro atoms. The summed E-state index contributed by atoms with van der Waals surface area (Å²) >= 11 is 0. The van der Waals surface area contributed by atoms with Gasteiger partial charge in [0.05, 0.1) is 12.7 Å². The lowest BCUT2D eigenvalue weighted by molar-refractivity contribution is 0.0347. The molecule has 1 saturated carbocycles. The number of nitrogens with zero attached hydrogens (tertiary/aromatic N) is 2. The molecule has 21 heavy (non-hydrogen) atoms. The first kappa shape index (κ1) is 16.3. The minimum Gasteiger partial charge on any atom is -0.382 e. The van der Waals surface area contributed by atoms with Crippen LogP contribution in [0.25, 0.3) is 0 Å². The van der Waals surface area contributed by atoms with E-state index in [-0.39, 0.29) is 0 Å². The number of aryl methyl sites for hydroxylation is 1. The van der Waals surface area contributed by atoms with Gasteiger partial charge in [0.1, 0.15) is 0 Å². The van der Waals surface area contributed by atoms with Crippen LogP contribution >= 0.6 is 0 Å². The Bertz CT molecular complexity index is 375. The fraction of sp³-hybridized carbons (Fsp3) is 0.812. The van der Waals surface area contributed by atoms with Gasteiger partial charge in [-0.3, -0.25) is 0 Å². The molecule has 120 valence electrons. The van der Waals surface area contributed by atoms with Crippen LogP contribution in [0.1, 0.15) is 45.4 Å². The summed E-state index contributed by atoms with van der Waals surface area (Å²) in [6.45, 7) is 6.13. The Morgan fingerprint density at radius 2 is 2.14 bits per heavy atom. The molecule has 0 atom stereocenters. The monoisotopic (exact) mass is 295 g/mol. The number of hydrogen-bond donors (Lipinski definition) is 1. The average molecular weight is 295 g/mol. The van der Waals surface area contributed by atoms with Crippen LogP contribution in [0.5, 0.6) is 0 Å². The fourth-order valence-corrected chi connectivity index (χ4v) is 2.76. The summed E-state index contributed by atoms with van der Waals surface area (Å²) in [5, 5.41) is 3.36. The van der Waals surface area contributed by atoms with Crippen molar-refractivity contribution >= 4 is 5.95 Å². The maximum absolute atomic E-state index is 5.91. The third kappa shape index (κ3) is 6.06. The van der Waals surface area contributed by atoms with Crippen molar-refractivity contribution in [3.63, 3.8) is 0 Å². The molecule has 2 rings (SSSR count). The summed E-state index contributed by atoms with van der Waals surface area (Å²) in [7, 11) is 0. The van der Waals surface area contributed by atoms with E-state index in [0.29, 0.717) is 6.10 Å². The molecule has 1 aliphatic rings. The number of imidazole rings is 1. The number of rotatable bonds is 10. The molecule has 0 unspecified atom stereocenters. The number of ether oxygens (including phenoxy) is 2. The van der Waals surface area contributed by atoms with Gasteiger partial charge in [-0.25, -0.2) is 4.98 Å². The second kappa shape index (κ2) is 9.79. The fourth-order valence-electron chi connectivity index (χ4n) is 2.76. The second-order valence-electron chi connectivity index (χ2n) is 5.55. The Labute approximate surface area is 128 Å². The topological polar surface area (TPSA) is 48.3 Å². The smallest absolute Gasteiger partial charge is 0.202 e. The molecule has 0 bridgehead atoms. The van der Waals surface area contributed by atoms with Crippen molar-refractivity contribution in [3.8, 4) is 0 Å². The van der Waals surface area contributed by atoms with E-state index in [1.165, 1.54) is 32.1 Å². The van der Waals surface area contributed by atoms with E-state index < -0.39 is 0 Å². The van der Waals surface area contributed by atoms with Gasteiger partial charge in [-0.05, 0) is 26.2 Å². The molecule has 1 N–H and O–H groups in total. The standard InChI is InChI=1S/C16H29N3O2/c1-2-20-13-6-11-19-12-9-17-16(19)18-10-14-21-15-7-4-3-5-8-15/h9,12,15H,2-8,10-11,13-14H2,1H3,(H,17,18). The highest BCUT2D eigenvalue weighted by Crippen LogP contribution is 2.20. The molecule has 1 heterocycles. The third-order valence-electron chi connectivity index (χ3n) is 3.90. The number of anilines is 1. The van der Waals surface area contributed by atoms with Gasteiger partial charge in [-0.2, -0.15) is 0 Å². The molecule has 0 radical (unpaired) electrons. The summed E-state index contributed by atoms with van der Waals surface area (Å²) in [6, 6.07) is 0. The molecule has 0 aromatic carbocycles. The van der Waals surface area contributed by atoms with Crippen LogP contribution in [0.3, 0.4) is 0 Å². The Balaban J connectivity index is 1.60. The van der Waals surface area contributed by atoms with Gasteiger partial charge in [-0.1, -0.05) is 19.3 Å². The zero-order valence-electron chi connectivity index (χ0n) is 13.2. The quantitative estimate of drug-likeness (QED) is 0.674. The zero-order chi connectivity index (χ0) is 14.8. The van der Waals surface area contributed by atoms with Crippen LogP contribution in [-0.4, -0.2) is 42.0 Å². The molecule has 5 nitrogen and oxygen atoms in total. The maximum Gasteiger partial charge on any atom is 0.202 e. The van der Waals surface area contributed by atoms with Gasteiger partial charge >= 0.3 is 0 Å². The summed E-state index contributed by atoms with van der Waals surface area (Å²) < 4.78 is 13.4. The molecular formula is C16H29N3O2. The van der Waals surface area contributed by atoms with Crippen LogP contribution in [0.15, 0.2) is 12.4 Å². The minimum atomic E-state index is 0.478. The summed E-state index contributed by atoms with van der Waals surface area (Å²) in [4.78, 5) is 4.35. The molecule has 1 aromatic rings. The summed E-state index contributed by atoms with van der Waals surface area (Å²) in [6.07, 6.45) is 11.8. The predicted molar refractivity (Wildman–Crippen MR) is 84.7 cm³/mol. The molecule has 0 aliphatic heterocycles. The van der Waals surface area contributed by atoms with Gasteiger partial charge in [0.2, 0.25) is 5.95 Å². The third-order valence-corrected chi connectivity index (χ3v) is 3.90. The number of nitrogens with one attached hydrogen (secondary N) is 1. The van der Waals surface area contributed by atoms with Crippen molar-refractivity contribution in [1.29, 1.82) is 0 Å². The van der Waals surface area contributed by atoms with E-state index in [2.05, 4.69) is 14.9 Å². The molecule has 0 amide bonds. The molecule has 1 fully saturated rings. The van der Waals surface area contributed by atoms with Crippen molar-refractivity contribution in [1.82, 2.24) is 9.55 Å². The van der Waals surface area contributed by atoms with E-state index in [9.17, 15) is 0 Å². The van der Waals surface area contributed by atoms with Gasteiger partial charge in [-0.15, -0.1) is 0 Å². The first-order valence-corrected chi connectivity index (χ1v) is 8.34. The van der Waals surface area contributed by atoms with Crippen molar-refractivity contribution in [2.45, 2.75) is 58.1 Å². The van der Waals surface area contributed by atoms with E-state index in [1.807, 2.05) is 19.3 Å². The SMILES string of the molecule is CCOCCCn1ccnc1NCCOC1CCCCC1. The van der Waals surface area contributed by atoms with Crippen molar-refractivity contribution < 1.29 is 9.47 Å². The van der Waals surface area contributed by atoms with Gasteiger partial charge < -0.3 is 19.4 Å². The van der Waals surface area contributed by atoms with Crippen LogP contribution in [0.2, 0.25) is 0 Å². The lowest BCUT2D eigenvalue weighted by Gasteiger charge is -2.22. The zero-order valence-corrected chi connectivity index (χ0v) is 13.2. The van der Waals surface area contributed by atoms with Crippen molar-refractivity contribution in [2.75, 3.05) is 31.7 Å². The largest absolute Gasteiger partial charge is 0.382 e. The number of aromatic nitrogens is 2. The normalized spacial score (nSPS) is 16.2. The minimum absolute atomic E-state index is 0.478. The highest BCUT2D eigenvalue weighted by atomic mass is 16.5. The molecule has 0 saturated heterocycles. The Morgan fingerprint density at radius 3 is 2.95 bits per heavy atom. The van der Waals surface area contributed by atoms with Crippen LogP contribution in [0, 0.1) is 0 Å². The maximum atomic E-state index is 5.91. The number of hydrogen-bond acceptors (Lipinski definition) is 4. The average Bonchev–Trinajstić information content (AvgIpc) is 2.97. The first-order chi connectivity index (χ1) is 10.4. The molecular weight excluding hydrogens is 266 g/mol. The van der Waals surface area contributed by atoms with Crippen molar-refractivity contribution in [3.05, 3.63) is 12.4 Å². The summed E-state index contributed by atoms with van der Waals surface area (Å²) in [5.41, 5.74) is 0. The molecule has 1 aromatic heterocycles. The van der Waals surface area contributed by atoms with Gasteiger partial charge in [0, 0.05) is 38.7 Å². The van der Waals surface area contributed by atoms with E-state index in [1.54, 1.807) is 0 Å². The lowest BCUT2D eigenvalue weighted by atomic mass is 9.98. The van der Waals surface area contributed by atoms with Crippen molar-refractivity contribution in [2.24, 2.45) is 0 Å². The van der Waals surface area contributed by atoms with Gasteiger partial charge in [0.15, 0.2) is 0 Å². The Morgan fingerprint density at radius 1 is 1.29 bits per heavy atom. The lowest BCUT2D eigenvalue weighted by Crippen LogP contribution is -2.21. The highest BCUT2D eigenvalue weighted by molar-refractivity contribution is 5.25. The van der Waals surface area contributed by atoms with Crippen LogP contribution in [-0.2, 0) is 16.0 Å². The Kier molecular flexibility index (Phi) is 7.60. The summed E-state index contributed by atoms with van der Waals surface area (Å²) in [5.74, 6) is 0.929. The predicted octanol–water partition coefficient (Wildman–Crippen LogP) is 3.07. The second-order valence-corrected chi connectivity index (χ2v) is 5.55. The first-order valence-electron chi connectivity index (χ1n) is 8.34. The highest BCUT2D eigenvalue weighted by Gasteiger charge is 2.13.